The quantitative estimate of drug-likeness (QED) is 0.894. The normalized spacial score (nSPS) is 26.3. The van der Waals surface area contributed by atoms with Gasteiger partial charge in [0.25, 0.3) is 0 Å². The standard InChI is InChI=1S/C13H23N3S/c1-4-13-14-8-12(17-13)9-15-16-10(2)6-5-7-11(16)3/h8,10-11,15H,4-7,9H2,1-3H3. The van der Waals surface area contributed by atoms with Gasteiger partial charge < -0.3 is 0 Å². The van der Waals surface area contributed by atoms with Crippen molar-refractivity contribution in [2.24, 2.45) is 0 Å². The van der Waals surface area contributed by atoms with E-state index in [1.54, 1.807) is 0 Å². The van der Waals surface area contributed by atoms with E-state index in [1.165, 1.54) is 29.1 Å². The molecule has 4 heteroatoms. The summed E-state index contributed by atoms with van der Waals surface area (Å²) in [5.74, 6) is 0. The largest absolute Gasteiger partial charge is 0.249 e. The van der Waals surface area contributed by atoms with Crippen LogP contribution in [-0.2, 0) is 13.0 Å². The average Bonchev–Trinajstić information content (AvgIpc) is 2.76. The van der Waals surface area contributed by atoms with E-state index in [1.807, 2.05) is 17.5 Å². The van der Waals surface area contributed by atoms with Crippen LogP contribution in [-0.4, -0.2) is 22.1 Å². The lowest BCUT2D eigenvalue weighted by Crippen LogP contribution is -2.51. The van der Waals surface area contributed by atoms with Crippen LogP contribution in [0, 0.1) is 0 Å². The molecule has 0 amide bonds. The molecular formula is C13H23N3S. The third kappa shape index (κ3) is 3.27. The van der Waals surface area contributed by atoms with E-state index >= 15 is 0 Å². The van der Waals surface area contributed by atoms with Crippen molar-refractivity contribution in [1.29, 1.82) is 0 Å². The summed E-state index contributed by atoms with van der Waals surface area (Å²) in [5.41, 5.74) is 3.58. The number of nitrogens with one attached hydrogen (secondary N) is 1. The molecular weight excluding hydrogens is 230 g/mol. The summed E-state index contributed by atoms with van der Waals surface area (Å²) in [6.45, 7) is 7.71. The molecule has 3 nitrogen and oxygen atoms in total. The lowest BCUT2D eigenvalue weighted by molar-refractivity contribution is 0.0439. The van der Waals surface area contributed by atoms with Gasteiger partial charge in [-0.05, 0) is 33.1 Å². The van der Waals surface area contributed by atoms with Crippen LogP contribution in [0.3, 0.4) is 0 Å². The number of piperidine rings is 1. The molecule has 1 aliphatic heterocycles. The highest BCUT2D eigenvalue weighted by Crippen LogP contribution is 2.21. The van der Waals surface area contributed by atoms with Crippen molar-refractivity contribution in [1.82, 2.24) is 15.4 Å². The highest BCUT2D eigenvalue weighted by Gasteiger charge is 2.24. The van der Waals surface area contributed by atoms with Gasteiger partial charge in [-0.25, -0.2) is 15.4 Å². The molecule has 0 radical (unpaired) electrons. The van der Waals surface area contributed by atoms with Crippen molar-refractivity contribution < 1.29 is 0 Å². The van der Waals surface area contributed by atoms with E-state index in [-0.39, 0.29) is 0 Å². The van der Waals surface area contributed by atoms with Gasteiger partial charge in [-0.1, -0.05) is 13.3 Å². The van der Waals surface area contributed by atoms with Gasteiger partial charge in [-0.2, -0.15) is 0 Å². The second-order valence-electron chi connectivity index (χ2n) is 4.94. The minimum Gasteiger partial charge on any atom is -0.249 e. The summed E-state index contributed by atoms with van der Waals surface area (Å²) < 4.78 is 0. The molecule has 0 aliphatic carbocycles. The molecule has 2 unspecified atom stereocenters. The maximum absolute atomic E-state index is 4.40. The number of thiazole rings is 1. The van der Waals surface area contributed by atoms with Gasteiger partial charge >= 0.3 is 0 Å². The van der Waals surface area contributed by atoms with Crippen LogP contribution in [0.2, 0.25) is 0 Å². The van der Waals surface area contributed by atoms with Gasteiger partial charge in [-0.3, -0.25) is 0 Å². The Morgan fingerprint density at radius 2 is 2.12 bits per heavy atom. The molecule has 1 aromatic rings. The van der Waals surface area contributed by atoms with Crippen LogP contribution in [0.1, 0.15) is 49.9 Å². The molecule has 1 aliphatic rings. The second-order valence-corrected chi connectivity index (χ2v) is 6.14. The van der Waals surface area contributed by atoms with E-state index < -0.39 is 0 Å². The van der Waals surface area contributed by atoms with E-state index in [0.29, 0.717) is 12.1 Å². The minimum absolute atomic E-state index is 0.650. The van der Waals surface area contributed by atoms with Crippen LogP contribution in [0.15, 0.2) is 6.20 Å². The summed E-state index contributed by atoms with van der Waals surface area (Å²) in [4.78, 5) is 5.74. The third-order valence-corrected chi connectivity index (χ3v) is 4.67. The SMILES string of the molecule is CCc1ncc(CNN2C(C)CCCC2C)s1. The molecule has 1 N–H and O–H groups in total. The number of hydrogen-bond acceptors (Lipinski definition) is 4. The summed E-state index contributed by atoms with van der Waals surface area (Å²) in [5, 5.41) is 3.66. The Morgan fingerprint density at radius 1 is 1.41 bits per heavy atom. The Labute approximate surface area is 108 Å². The van der Waals surface area contributed by atoms with E-state index in [0.717, 1.165) is 13.0 Å². The molecule has 17 heavy (non-hydrogen) atoms. The summed E-state index contributed by atoms with van der Waals surface area (Å²) in [7, 11) is 0. The monoisotopic (exact) mass is 253 g/mol. The number of nitrogens with zero attached hydrogens (tertiary/aromatic N) is 2. The van der Waals surface area contributed by atoms with Gasteiger partial charge in [0.2, 0.25) is 0 Å². The Bertz CT molecular complexity index is 340. The third-order valence-electron chi connectivity index (χ3n) is 3.53. The zero-order chi connectivity index (χ0) is 12.3. The highest BCUT2D eigenvalue weighted by atomic mass is 32.1. The molecule has 96 valence electrons. The fraction of sp³-hybridized carbons (Fsp3) is 0.769. The van der Waals surface area contributed by atoms with Crippen molar-refractivity contribution in [3.8, 4) is 0 Å². The van der Waals surface area contributed by atoms with E-state index in [2.05, 4.69) is 36.2 Å². The van der Waals surface area contributed by atoms with Gasteiger partial charge in [0.1, 0.15) is 0 Å². The number of hydrogen-bond donors (Lipinski definition) is 1. The Hall–Kier alpha value is -0.450. The minimum atomic E-state index is 0.650. The molecule has 1 fully saturated rings. The molecule has 2 rings (SSSR count). The predicted octanol–water partition coefficient (Wildman–Crippen LogP) is 2.97. The molecule has 1 saturated heterocycles. The lowest BCUT2D eigenvalue weighted by Gasteiger charge is -2.39. The highest BCUT2D eigenvalue weighted by molar-refractivity contribution is 7.11. The second kappa shape index (κ2) is 5.94. The maximum Gasteiger partial charge on any atom is 0.0925 e. The van der Waals surface area contributed by atoms with E-state index in [9.17, 15) is 0 Å². The van der Waals surface area contributed by atoms with Crippen molar-refractivity contribution in [3.05, 3.63) is 16.1 Å². The molecule has 1 aromatic heterocycles. The molecule has 2 atom stereocenters. The van der Waals surface area contributed by atoms with Crippen LogP contribution in [0.4, 0.5) is 0 Å². The Morgan fingerprint density at radius 3 is 2.71 bits per heavy atom. The molecule has 2 heterocycles. The van der Waals surface area contributed by atoms with Crippen LogP contribution < -0.4 is 5.43 Å². The first-order valence-corrected chi connectivity index (χ1v) is 7.47. The molecule has 0 aromatic carbocycles. The van der Waals surface area contributed by atoms with Crippen molar-refractivity contribution in [3.63, 3.8) is 0 Å². The number of hydrazine groups is 1. The first kappa shape index (κ1) is 13.0. The Balaban J connectivity index is 1.87. The van der Waals surface area contributed by atoms with E-state index in [4.69, 9.17) is 0 Å². The van der Waals surface area contributed by atoms with Gasteiger partial charge in [0, 0.05) is 29.7 Å². The average molecular weight is 253 g/mol. The van der Waals surface area contributed by atoms with Crippen LogP contribution in [0.5, 0.6) is 0 Å². The topological polar surface area (TPSA) is 28.2 Å². The first-order chi connectivity index (χ1) is 8.20. The predicted molar refractivity (Wildman–Crippen MR) is 72.9 cm³/mol. The first-order valence-electron chi connectivity index (χ1n) is 6.66. The van der Waals surface area contributed by atoms with Crippen molar-refractivity contribution in [2.75, 3.05) is 0 Å². The van der Waals surface area contributed by atoms with Gasteiger partial charge in [0.05, 0.1) is 5.01 Å². The number of rotatable bonds is 4. The summed E-state index contributed by atoms with van der Waals surface area (Å²) in [6, 6.07) is 1.30. The van der Waals surface area contributed by atoms with Crippen molar-refractivity contribution in [2.45, 2.75) is 65.1 Å². The number of aromatic nitrogens is 1. The van der Waals surface area contributed by atoms with Crippen molar-refractivity contribution >= 4 is 11.3 Å². The number of aryl methyl sites for hydroxylation is 1. The Kier molecular flexibility index (Phi) is 4.54. The molecule has 0 bridgehead atoms. The summed E-state index contributed by atoms with van der Waals surface area (Å²) in [6.07, 6.45) is 7.03. The zero-order valence-electron chi connectivity index (χ0n) is 11.1. The van der Waals surface area contributed by atoms with Gasteiger partial charge in [-0.15, -0.1) is 11.3 Å². The van der Waals surface area contributed by atoms with Gasteiger partial charge in [0.15, 0.2) is 0 Å². The lowest BCUT2D eigenvalue weighted by atomic mass is 10.00. The summed E-state index contributed by atoms with van der Waals surface area (Å²) >= 11 is 1.82. The zero-order valence-corrected chi connectivity index (χ0v) is 11.9. The smallest absolute Gasteiger partial charge is 0.0925 e. The fourth-order valence-corrected chi connectivity index (χ4v) is 3.29. The maximum atomic E-state index is 4.40. The fourth-order valence-electron chi connectivity index (χ4n) is 2.50. The molecule has 0 spiro atoms. The molecule has 0 saturated carbocycles. The van der Waals surface area contributed by atoms with Crippen LogP contribution >= 0.6 is 11.3 Å². The van der Waals surface area contributed by atoms with Crippen LogP contribution in [0.25, 0.3) is 0 Å².